The van der Waals surface area contributed by atoms with E-state index in [9.17, 15) is 5.11 Å². The maximum Gasteiger partial charge on any atom is 0.210 e. The molecule has 0 unspecified atom stereocenters. The largest absolute Gasteiger partial charge is 0.377 e. The maximum absolute atomic E-state index is 10.3. The number of aryl methyl sites for hydroxylation is 1. The second kappa shape index (κ2) is 3.43. The van der Waals surface area contributed by atoms with Crippen molar-refractivity contribution in [2.45, 2.75) is 12.5 Å². The monoisotopic (exact) mass is 204 g/mol. The summed E-state index contributed by atoms with van der Waals surface area (Å²) in [5.74, 6) is 0.302. The molecule has 0 bridgehead atoms. The Bertz CT molecular complexity index is 449. The van der Waals surface area contributed by atoms with Gasteiger partial charge in [0.2, 0.25) is 5.82 Å². The van der Waals surface area contributed by atoms with Gasteiger partial charge in [-0.2, -0.15) is 4.80 Å². The third-order valence-electron chi connectivity index (χ3n) is 2.28. The van der Waals surface area contributed by atoms with Crippen LogP contribution in [0, 0.1) is 0 Å². The molecule has 5 nitrogen and oxygen atoms in total. The Morgan fingerprint density at radius 1 is 1.27 bits per heavy atom. The third kappa shape index (κ3) is 1.73. The minimum absolute atomic E-state index is 0.302. The number of hydrogen-bond donors (Lipinski definition) is 1. The molecule has 0 aliphatic carbocycles. The van der Waals surface area contributed by atoms with Crippen LogP contribution in [-0.4, -0.2) is 25.3 Å². The Kier molecular flexibility index (Phi) is 2.24. The van der Waals surface area contributed by atoms with Gasteiger partial charge in [-0.1, -0.05) is 30.3 Å². The molecule has 0 saturated carbocycles. The average Bonchev–Trinajstić information content (AvgIpc) is 2.67. The number of aromatic nitrogens is 4. The van der Waals surface area contributed by atoms with E-state index < -0.39 is 5.60 Å². The highest BCUT2D eigenvalue weighted by Crippen LogP contribution is 2.24. The van der Waals surface area contributed by atoms with Crippen LogP contribution in [0.1, 0.15) is 18.3 Å². The Labute approximate surface area is 87.4 Å². The fraction of sp³-hybridized carbons (Fsp3) is 0.300. The lowest BCUT2D eigenvalue weighted by molar-refractivity contribution is 0.0919. The first-order chi connectivity index (χ1) is 7.10. The summed E-state index contributed by atoms with van der Waals surface area (Å²) in [5, 5.41) is 21.8. The number of tetrazole rings is 1. The summed E-state index contributed by atoms with van der Waals surface area (Å²) in [4.78, 5) is 1.33. The summed E-state index contributed by atoms with van der Waals surface area (Å²) < 4.78 is 0. The molecule has 1 heterocycles. The van der Waals surface area contributed by atoms with Crippen molar-refractivity contribution in [3.63, 3.8) is 0 Å². The molecule has 5 heteroatoms. The van der Waals surface area contributed by atoms with Crippen LogP contribution in [0.15, 0.2) is 30.3 Å². The molecule has 2 aromatic rings. The fourth-order valence-corrected chi connectivity index (χ4v) is 1.37. The first-order valence-corrected chi connectivity index (χ1v) is 4.63. The summed E-state index contributed by atoms with van der Waals surface area (Å²) in [6.07, 6.45) is 0. The van der Waals surface area contributed by atoms with Crippen molar-refractivity contribution in [1.82, 2.24) is 20.2 Å². The smallest absolute Gasteiger partial charge is 0.210 e. The maximum atomic E-state index is 10.3. The van der Waals surface area contributed by atoms with Crippen molar-refractivity contribution in [3.8, 4) is 0 Å². The van der Waals surface area contributed by atoms with E-state index >= 15 is 0 Å². The van der Waals surface area contributed by atoms with Gasteiger partial charge >= 0.3 is 0 Å². The van der Waals surface area contributed by atoms with E-state index in [1.54, 1.807) is 14.0 Å². The predicted octanol–water partition coefficient (Wildman–Crippen LogP) is 0.466. The second-order valence-electron chi connectivity index (χ2n) is 3.54. The van der Waals surface area contributed by atoms with Gasteiger partial charge in [-0.05, 0) is 17.7 Å². The minimum Gasteiger partial charge on any atom is -0.377 e. The van der Waals surface area contributed by atoms with Crippen LogP contribution in [0.5, 0.6) is 0 Å². The van der Waals surface area contributed by atoms with Crippen LogP contribution >= 0.6 is 0 Å². The summed E-state index contributed by atoms with van der Waals surface area (Å²) in [5.41, 5.74) is -0.451. The van der Waals surface area contributed by atoms with Crippen LogP contribution in [0.3, 0.4) is 0 Å². The van der Waals surface area contributed by atoms with Gasteiger partial charge in [0, 0.05) is 0 Å². The van der Waals surface area contributed by atoms with Crippen molar-refractivity contribution >= 4 is 0 Å². The minimum atomic E-state index is -1.20. The zero-order valence-corrected chi connectivity index (χ0v) is 8.62. The van der Waals surface area contributed by atoms with E-state index in [2.05, 4.69) is 15.4 Å². The van der Waals surface area contributed by atoms with E-state index in [4.69, 9.17) is 0 Å². The lowest BCUT2D eigenvalue weighted by Crippen LogP contribution is -2.24. The highest BCUT2D eigenvalue weighted by molar-refractivity contribution is 5.27. The predicted molar refractivity (Wildman–Crippen MR) is 53.9 cm³/mol. The van der Waals surface area contributed by atoms with Gasteiger partial charge in [0.15, 0.2) is 0 Å². The van der Waals surface area contributed by atoms with Crippen molar-refractivity contribution in [3.05, 3.63) is 41.7 Å². The van der Waals surface area contributed by atoms with Gasteiger partial charge in [-0.15, -0.1) is 10.2 Å². The summed E-state index contributed by atoms with van der Waals surface area (Å²) in [6, 6.07) is 9.27. The standard InChI is InChI=1S/C10H12N4O/c1-10(15,8-6-4-3-5-7-8)9-11-13-14(2)12-9/h3-7,15H,1-2H3/t10-/m1/s1. The molecule has 1 atom stereocenters. The Hall–Kier alpha value is -1.75. The molecule has 1 aromatic carbocycles. The van der Waals surface area contributed by atoms with Crippen molar-refractivity contribution < 1.29 is 5.11 Å². The van der Waals surface area contributed by atoms with E-state index in [-0.39, 0.29) is 0 Å². The van der Waals surface area contributed by atoms with Gasteiger partial charge in [0.25, 0.3) is 0 Å². The highest BCUT2D eigenvalue weighted by atomic mass is 16.3. The molecule has 1 aromatic heterocycles. The molecular weight excluding hydrogens is 192 g/mol. The topological polar surface area (TPSA) is 63.8 Å². The molecule has 0 fully saturated rings. The lowest BCUT2D eigenvalue weighted by Gasteiger charge is -2.19. The van der Waals surface area contributed by atoms with Crippen LogP contribution in [0.2, 0.25) is 0 Å². The number of hydrogen-bond acceptors (Lipinski definition) is 4. The molecule has 0 radical (unpaired) electrons. The van der Waals surface area contributed by atoms with Crippen molar-refractivity contribution in [1.29, 1.82) is 0 Å². The zero-order chi connectivity index (χ0) is 10.9. The van der Waals surface area contributed by atoms with Crippen molar-refractivity contribution in [2.24, 2.45) is 7.05 Å². The van der Waals surface area contributed by atoms with Crippen molar-refractivity contribution in [2.75, 3.05) is 0 Å². The van der Waals surface area contributed by atoms with E-state index in [0.717, 1.165) is 5.56 Å². The normalized spacial score (nSPS) is 14.9. The molecule has 15 heavy (non-hydrogen) atoms. The van der Waals surface area contributed by atoms with E-state index in [0.29, 0.717) is 5.82 Å². The molecule has 0 aliphatic rings. The Balaban J connectivity index is 2.43. The van der Waals surface area contributed by atoms with Gasteiger partial charge in [-0.3, -0.25) is 0 Å². The SMILES string of the molecule is Cn1nnc([C@](C)(O)c2ccccc2)n1. The number of nitrogens with zero attached hydrogens (tertiary/aromatic N) is 4. The average molecular weight is 204 g/mol. The third-order valence-corrected chi connectivity index (χ3v) is 2.28. The van der Waals surface area contributed by atoms with Gasteiger partial charge in [0.05, 0.1) is 7.05 Å². The molecule has 1 N–H and O–H groups in total. The highest BCUT2D eigenvalue weighted by Gasteiger charge is 2.30. The van der Waals surface area contributed by atoms with Crippen LogP contribution in [0.4, 0.5) is 0 Å². The van der Waals surface area contributed by atoms with Crippen LogP contribution < -0.4 is 0 Å². The summed E-state index contributed by atoms with van der Waals surface area (Å²) in [6.45, 7) is 1.65. The Morgan fingerprint density at radius 2 is 1.93 bits per heavy atom. The van der Waals surface area contributed by atoms with Gasteiger partial charge in [0.1, 0.15) is 5.60 Å². The fourth-order valence-electron chi connectivity index (χ4n) is 1.37. The van der Waals surface area contributed by atoms with Crippen LogP contribution in [-0.2, 0) is 12.6 Å². The molecule has 2 rings (SSSR count). The van der Waals surface area contributed by atoms with Crippen LogP contribution in [0.25, 0.3) is 0 Å². The second-order valence-corrected chi connectivity index (χ2v) is 3.54. The molecule has 0 aliphatic heterocycles. The number of aliphatic hydroxyl groups is 1. The molecule has 0 saturated heterocycles. The van der Waals surface area contributed by atoms with E-state index in [1.165, 1.54) is 4.80 Å². The Morgan fingerprint density at radius 3 is 2.47 bits per heavy atom. The zero-order valence-electron chi connectivity index (χ0n) is 8.62. The molecular formula is C10H12N4O. The first-order valence-electron chi connectivity index (χ1n) is 4.63. The first kappa shape index (κ1) is 9.79. The molecule has 0 amide bonds. The molecule has 78 valence electrons. The number of rotatable bonds is 2. The lowest BCUT2D eigenvalue weighted by atomic mass is 9.96. The molecule has 0 spiro atoms. The number of benzene rings is 1. The van der Waals surface area contributed by atoms with E-state index in [1.807, 2.05) is 30.3 Å². The van der Waals surface area contributed by atoms with Gasteiger partial charge < -0.3 is 5.11 Å². The van der Waals surface area contributed by atoms with Gasteiger partial charge in [-0.25, -0.2) is 0 Å². The quantitative estimate of drug-likeness (QED) is 0.772. The summed E-state index contributed by atoms with van der Waals surface area (Å²) >= 11 is 0. The summed E-state index contributed by atoms with van der Waals surface area (Å²) in [7, 11) is 1.66.